The predicted molar refractivity (Wildman–Crippen MR) is 79.4 cm³/mol. The molecule has 0 heterocycles. The molecule has 1 N–H and O–H groups in total. The molecule has 0 amide bonds. The van der Waals surface area contributed by atoms with Crippen molar-refractivity contribution in [1.29, 1.82) is 0 Å². The summed E-state index contributed by atoms with van der Waals surface area (Å²) >= 11 is 5.95. The fourth-order valence-electron chi connectivity index (χ4n) is 1.99. The third-order valence-corrected chi connectivity index (χ3v) is 3.29. The molecule has 0 aromatic heterocycles. The Morgan fingerprint density at radius 3 is 2.62 bits per heavy atom. The Bertz CT molecular complexity index is 629. The van der Waals surface area contributed by atoms with E-state index in [2.05, 4.69) is 0 Å². The summed E-state index contributed by atoms with van der Waals surface area (Å²) in [4.78, 5) is 0. The van der Waals surface area contributed by atoms with Gasteiger partial charge in [0.15, 0.2) is 0 Å². The Kier molecular flexibility index (Phi) is 5.04. The minimum atomic E-state index is -0.748. The van der Waals surface area contributed by atoms with Crippen molar-refractivity contribution < 1.29 is 19.0 Å². The molecular formula is C16H16ClFO3. The molecule has 21 heavy (non-hydrogen) atoms. The summed E-state index contributed by atoms with van der Waals surface area (Å²) in [5, 5.41) is 10.2. The monoisotopic (exact) mass is 310 g/mol. The van der Waals surface area contributed by atoms with Crippen LogP contribution >= 0.6 is 11.6 Å². The van der Waals surface area contributed by atoms with E-state index in [1.54, 1.807) is 32.2 Å². The molecule has 0 radical (unpaired) electrons. The molecule has 3 nitrogen and oxygen atoms in total. The zero-order valence-electron chi connectivity index (χ0n) is 11.8. The Hall–Kier alpha value is -1.78. The molecule has 1 atom stereocenters. The number of methoxy groups -OCH3 is 1. The van der Waals surface area contributed by atoms with Gasteiger partial charge in [0.1, 0.15) is 23.9 Å². The van der Waals surface area contributed by atoms with Crippen molar-refractivity contribution in [3.05, 3.63) is 58.4 Å². The molecule has 5 heteroatoms. The minimum Gasteiger partial charge on any atom is -0.496 e. The molecule has 0 saturated carbocycles. The van der Waals surface area contributed by atoms with Crippen LogP contribution in [0, 0.1) is 5.82 Å². The number of ether oxygens (including phenoxy) is 2. The van der Waals surface area contributed by atoms with E-state index in [1.165, 1.54) is 18.2 Å². The maximum atomic E-state index is 13.3. The van der Waals surface area contributed by atoms with Gasteiger partial charge in [-0.15, -0.1) is 0 Å². The van der Waals surface area contributed by atoms with Gasteiger partial charge < -0.3 is 14.6 Å². The van der Waals surface area contributed by atoms with Gasteiger partial charge in [-0.25, -0.2) is 4.39 Å². The second-order valence-corrected chi connectivity index (χ2v) is 5.04. The summed E-state index contributed by atoms with van der Waals surface area (Å²) < 4.78 is 24.2. The van der Waals surface area contributed by atoms with Gasteiger partial charge in [0.25, 0.3) is 0 Å². The van der Waals surface area contributed by atoms with E-state index in [0.717, 1.165) is 5.56 Å². The summed E-state index contributed by atoms with van der Waals surface area (Å²) in [5.41, 5.74) is 1.27. The molecule has 0 aliphatic rings. The highest BCUT2D eigenvalue weighted by molar-refractivity contribution is 6.30. The quantitative estimate of drug-likeness (QED) is 0.903. The number of rotatable bonds is 5. The first-order valence-corrected chi connectivity index (χ1v) is 6.81. The predicted octanol–water partition coefficient (Wildman–Crippen LogP) is 4.12. The number of hydrogen-bond acceptors (Lipinski definition) is 3. The third kappa shape index (κ3) is 3.86. The third-order valence-electron chi connectivity index (χ3n) is 3.05. The Balaban J connectivity index is 2.24. The van der Waals surface area contributed by atoms with Crippen LogP contribution in [-0.2, 0) is 6.61 Å². The molecule has 0 aliphatic carbocycles. The first-order valence-electron chi connectivity index (χ1n) is 6.44. The van der Waals surface area contributed by atoms with Crippen molar-refractivity contribution in [3.63, 3.8) is 0 Å². The van der Waals surface area contributed by atoms with Crippen LogP contribution in [0.5, 0.6) is 11.5 Å². The summed E-state index contributed by atoms with van der Waals surface area (Å²) in [7, 11) is 1.55. The van der Waals surface area contributed by atoms with Crippen molar-refractivity contribution in [1.82, 2.24) is 0 Å². The topological polar surface area (TPSA) is 38.7 Å². The molecular weight excluding hydrogens is 295 g/mol. The lowest BCUT2D eigenvalue weighted by Crippen LogP contribution is -2.03. The van der Waals surface area contributed by atoms with Gasteiger partial charge in [-0.2, -0.15) is 0 Å². The summed E-state index contributed by atoms with van der Waals surface area (Å²) in [6.07, 6.45) is -0.748. The smallest absolute Gasteiger partial charge is 0.128 e. The number of hydrogen-bond donors (Lipinski definition) is 1. The summed E-state index contributed by atoms with van der Waals surface area (Å²) in [5.74, 6) is 0.508. The van der Waals surface area contributed by atoms with Crippen molar-refractivity contribution in [3.8, 4) is 11.5 Å². The Morgan fingerprint density at radius 1 is 1.19 bits per heavy atom. The first kappa shape index (κ1) is 15.6. The molecule has 0 bridgehead atoms. The van der Waals surface area contributed by atoms with Crippen molar-refractivity contribution >= 4 is 11.6 Å². The summed E-state index contributed by atoms with van der Waals surface area (Å²) in [6, 6.07) is 9.22. The highest BCUT2D eigenvalue weighted by Crippen LogP contribution is 2.29. The number of halogens is 2. The van der Waals surface area contributed by atoms with Gasteiger partial charge >= 0.3 is 0 Å². The lowest BCUT2D eigenvalue weighted by Gasteiger charge is -2.15. The lowest BCUT2D eigenvalue weighted by atomic mass is 10.1. The van der Waals surface area contributed by atoms with Crippen LogP contribution in [0.25, 0.3) is 0 Å². The van der Waals surface area contributed by atoms with E-state index in [-0.39, 0.29) is 6.61 Å². The van der Waals surface area contributed by atoms with Gasteiger partial charge in [-0.05, 0) is 37.3 Å². The van der Waals surface area contributed by atoms with E-state index in [0.29, 0.717) is 22.1 Å². The normalized spacial score (nSPS) is 12.0. The standard InChI is InChI=1S/C16H16ClFO3/c1-10(19)14-5-4-13(18)8-16(14)21-9-11-7-12(17)3-6-15(11)20-2/h3-8,10,19H,9H2,1-2H3. The van der Waals surface area contributed by atoms with Crippen LogP contribution in [0.4, 0.5) is 4.39 Å². The van der Waals surface area contributed by atoms with Gasteiger partial charge in [-0.1, -0.05) is 11.6 Å². The van der Waals surface area contributed by atoms with Crippen LogP contribution < -0.4 is 9.47 Å². The van der Waals surface area contributed by atoms with Crippen LogP contribution in [-0.4, -0.2) is 12.2 Å². The van der Waals surface area contributed by atoms with E-state index in [4.69, 9.17) is 21.1 Å². The Morgan fingerprint density at radius 2 is 1.95 bits per heavy atom. The number of benzene rings is 2. The molecule has 0 fully saturated rings. The SMILES string of the molecule is COc1ccc(Cl)cc1COc1cc(F)ccc1C(C)O. The second kappa shape index (κ2) is 6.78. The average Bonchev–Trinajstić information content (AvgIpc) is 2.45. The molecule has 2 aromatic rings. The highest BCUT2D eigenvalue weighted by Gasteiger charge is 2.12. The fourth-order valence-corrected chi connectivity index (χ4v) is 2.19. The fraction of sp³-hybridized carbons (Fsp3) is 0.250. The van der Waals surface area contributed by atoms with Gasteiger partial charge in [-0.3, -0.25) is 0 Å². The second-order valence-electron chi connectivity index (χ2n) is 4.60. The van der Waals surface area contributed by atoms with E-state index in [9.17, 15) is 9.50 Å². The van der Waals surface area contributed by atoms with Gasteiger partial charge in [0.2, 0.25) is 0 Å². The van der Waals surface area contributed by atoms with Crippen molar-refractivity contribution in [2.45, 2.75) is 19.6 Å². The highest BCUT2D eigenvalue weighted by atomic mass is 35.5. The largest absolute Gasteiger partial charge is 0.496 e. The zero-order valence-corrected chi connectivity index (χ0v) is 12.5. The maximum Gasteiger partial charge on any atom is 0.128 e. The Labute approximate surface area is 127 Å². The van der Waals surface area contributed by atoms with Crippen LogP contribution in [0.1, 0.15) is 24.2 Å². The van der Waals surface area contributed by atoms with E-state index < -0.39 is 11.9 Å². The molecule has 112 valence electrons. The van der Waals surface area contributed by atoms with Crippen LogP contribution in [0.15, 0.2) is 36.4 Å². The van der Waals surface area contributed by atoms with E-state index >= 15 is 0 Å². The van der Waals surface area contributed by atoms with Crippen molar-refractivity contribution in [2.24, 2.45) is 0 Å². The molecule has 0 aliphatic heterocycles. The molecule has 2 aromatic carbocycles. The van der Waals surface area contributed by atoms with Crippen molar-refractivity contribution in [2.75, 3.05) is 7.11 Å². The average molecular weight is 311 g/mol. The molecule has 0 saturated heterocycles. The molecule has 2 rings (SSSR count). The maximum absolute atomic E-state index is 13.3. The van der Waals surface area contributed by atoms with Crippen LogP contribution in [0.3, 0.4) is 0 Å². The number of aliphatic hydroxyl groups excluding tert-OH is 1. The van der Waals surface area contributed by atoms with Gasteiger partial charge in [0.05, 0.1) is 13.2 Å². The van der Waals surface area contributed by atoms with E-state index in [1.807, 2.05) is 0 Å². The summed E-state index contributed by atoms with van der Waals surface area (Å²) in [6.45, 7) is 1.76. The number of aliphatic hydroxyl groups is 1. The molecule has 0 spiro atoms. The lowest BCUT2D eigenvalue weighted by molar-refractivity contribution is 0.189. The molecule has 1 unspecified atom stereocenters. The first-order chi connectivity index (χ1) is 10.0. The van der Waals surface area contributed by atoms with Gasteiger partial charge in [0, 0.05) is 22.2 Å². The zero-order chi connectivity index (χ0) is 15.4. The van der Waals surface area contributed by atoms with Crippen LogP contribution in [0.2, 0.25) is 5.02 Å². The minimum absolute atomic E-state index is 0.160.